The van der Waals surface area contributed by atoms with Crippen molar-refractivity contribution in [3.05, 3.63) is 88.4 Å². The van der Waals surface area contributed by atoms with Gasteiger partial charge in [0.1, 0.15) is 17.1 Å². The smallest absolute Gasteiger partial charge is 0.275 e. The van der Waals surface area contributed by atoms with Crippen molar-refractivity contribution in [3.63, 3.8) is 0 Å². The fourth-order valence-electron chi connectivity index (χ4n) is 2.75. The quantitative estimate of drug-likeness (QED) is 0.408. The zero-order chi connectivity index (χ0) is 20.4. The van der Waals surface area contributed by atoms with Crippen LogP contribution >= 0.6 is 0 Å². The van der Waals surface area contributed by atoms with Gasteiger partial charge < -0.3 is 10.1 Å². The predicted molar refractivity (Wildman–Crippen MR) is 105 cm³/mol. The third-order valence-electron chi connectivity index (χ3n) is 4.14. The molecule has 4 aromatic rings. The number of amides is 1. The molecule has 144 valence electrons. The number of carbonyl (C=O) groups is 1. The van der Waals surface area contributed by atoms with Gasteiger partial charge in [0.05, 0.1) is 22.9 Å². The maximum absolute atomic E-state index is 12.7. The zero-order valence-electron chi connectivity index (χ0n) is 15.3. The first kappa shape index (κ1) is 18.1. The second-order valence-electron chi connectivity index (χ2n) is 6.29. The highest BCUT2D eigenvalue weighted by molar-refractivity contribution is 6.08. The maximum Gasteiger partial charge on any atom is 0.275 e. The first-order valence-corrected chi connectivity index (χ1v) is 8.63. The van der Waals surface area contributed by atoms with Gasteiger partial charge in [0.2, 0.25) is 0 Å². The number of nitro groups is 1. The summed E-state index contributed by atoms with van der Waals surface area (Å²) in [5.41, 5.74) is 1.71. The van der Waals surface area contributed by atoms with Gasteiger partial charge in [-0.05, 0) is 25.1 Å². The Balaban J connectivity index is 1.63. The lowest BCUT2D eigenvalue weighted by molar-refractivity contribution is -0.384. The number of benzene rings is 2. The molecule has 2 heterocycles. The number of aryl methyl sites for hydroxylation is 1. The van der Waals surface area contributed by atoms with Gasteiger partial charge in [0.25, 0.3) is 11.6 Å². The minimum absolute atomic E-state index is 0.206. The molecule has 0 saturated carbocycles. The van der Waals surface area contributed by atoms with Gasteiger partial charge >= 0.3 is 0 Å². The molecule has 0 fully saturated rings. The summed E-state index contributed by atoms with van der Waals surface area (Å²) in [4.78, 5) is 27.6. The van der Waals surface area contributed by atoms with Crippen molar-refractivity contribution in [3.8, 4) is 11.5 Å². The molecule has 0 atom stereocenters. The SMILES string of the molecule is Cc1ccc(Oc2cc(NC(=O)c3cnn4cccnc34)cc([N+](=O)[O-])c2)cc1. The van der Waals surface area contributed by atoms with Crippen molar-refractivity contribution >= 4 is 22.9 Å². The van der Waals surface area contributed by atoms with Crippen molar-refractivity contribution < 1.29 is 14.5 Å². The van der Waals surface area contributed by atoms with E-state index in [-0.39, 0.29) is 22.7 Å². The molecular formula is C20H15N5O4. The van der Waals surface area contributed by atoms with E-state index >= 15 is 0 Å². The summed E-state index contributed by atoms with van der Waals surface area (Å²) in [6.07, 6.45) is 4.60. The van der Waals surface area contributed by atoms with Crippen LogP contribution in [0.1, 0.15) is 15.9 Å². The van der Waals surface area contributed by atoms with Crippen LogP contribution in [0.15, 0.2) is 67.1 Å². The molecule has 0 aliphatic heterocycles. The Labute approximate surface area is 164 Å². The third kappa shape index (κ3) is 3.88. The summed E-state index contributed by atoms with van der Waals surface area (Å²) in [6.45, 7) is 1.94. The van der Waals surface area contributed by atoms with Gasteiger partial charge in [0.15, 0.2) is 5.65 Å². The number of nitrogens with one attached hydrogen (secondary N) is 1. The Morgan fingerprint density at radius 1 is 1.17 bits per heavy atom. The molecule has 0 aliphatic carbocycles. The molecule has 2 aromatic heterocycles. The topological polar surface area (TPSA) is 112 Å². The molecule has 0 bridgehead atoms. The summed E-state index contributed by atoms with van der Waals surface area (Å²) in [6, 6.07) is 13.0. The van der Waals surface area contributed by atoms with E-state index in [2.05, 4.69) is 15.4 Å². The average molecular weight is 389 g/mol. The Morgan fingerprint density at radius 2 is 1.97 bits per heavy atom. The number of nitro benzene ring substituents is 1. The fraction of sp³-hybridized carbons (Fsp3) is 0.0500. The van der Waals surface area contributed by atoms with Crippen LogP contribution in [0.25, 0.3) is 5.65 Å². The molecule has 9 nitrogen and oxygen atoms in total. The molecule has 4 rings (SSSR count). The van der Waals surface area contributed by atoms with Crippen LogP contribution in [-0.4, -0.2) is 25.4 Å². The van der Waals surface area contributed by atoms with Gasteiger partial charge in [-0.2, -0.15) is 5.10 Å². The minimum atomic E-state index is -0.547. The van der Waals surface area contributed by atoms with Crippen molar-refractivity contribution in [2.75, 3.05) is 5.32 Å². The van der Waals surface area contributed by atoms with Crippen LogP contribution in [0, 0.1) is 17.0 Å². The lowest BCUT2D eigenvalue weighted by Crippen LogP contribution is -2.12. The van der Waals surface area contributed by atoms with Crippen molar-refractivity contribution in [1.82, 2.24) is 14.6 Å². The number of ether oxygens (including phenoxy) is 1. The van der Waals surface area contributed by atoms with E-state index in [1.54, 1.807) is 30.6 Å². The molecule has 0 radical (unpaired) electrons. The first-order chi connectivity index (χ1) is 14.0. The Morgan fingerprint density at radius 3 is 2.72 bits per heavy atom. The van der Waals surface area contributed by atoms with Crippen LogP contribution in [0.3, 0.4) is 0 Å². The number of hydrogen-bond donors (Lipinski definition) is 1. The molecule has 0 aliphatic rings. The Kier molecular flexibility index (Phi) is 4.62. The second-order valence-corrected chi connectivity index (χ2v) is 6.29. The van der Waals surface area contributed by atoms with Gasteiger partial charge in [-0.15, -0.1) is 0 Å². The standard InChI is InChI=1S/C20H15N5O4/c1-13-3-5-16(6-4-13)29-17-10-14(9-15(11-17)25(27)28)23-20(26)18-12-22-24-8-2-7-21-19(18)24/h2-12H,1H3,(H,23,26). The average Bonchev–Trinajstić information content (AvgIpc) is 3.14. The normalized spacial score (nSPS) is 10.7. The predicted octanol–water partition coefficient (Wildman–Crippen LogP) is 3.99. The Hall–Kier alpha value is -4.27. The first-order valence-electron chi connectivity index (χ1n) is 8.63. The number of anilines is 1. The molecule has 0 spiro atoms. The summed E-state index contributed by atoms with van der Waals surface area (Å²) in [5.74, 6) is 0.275. The summed E-state index contributed by atoms with van der Waals surface area (Å²) in [5, 5.41) is 18.0. The number of nitrogens with zero attached hydrogens (tertiary/aromatic N) is 4. The van der Waals surface area contributed by atoms with Gasteiger partial charge in [-0.1, -0.05) is 17.7 Å². The molecule has 9 heteroatoms. The lowest BCUT2D eigenvalue weighted by Gasteiger charge is -2.09. The molecule has 1 amide bonds. The molecule has 0 unspecified atom stereocenters. The second kappa shape index (κ2) is 7.39. The van der Waals surface area contributed by atoms with Crippen LogP contribution in [0.2, 0.25) is 0 Å². The lowest BCUT2D eigenvalue weighted by atomic mass is 10.2. The molecule has 1 N–H and O–H groups in total. The largest absolute Gasteiger partial charge is 0.457 e. The number of fused-ring (bicyclic) bond motifs is 1. The number of aromatic nitrogens is 3. The van der Waals surface area contributed by atoms with Crippen molar-refractivity contribution in [1.29, 1.82) is 0 Å². The van der Waals surface area contributed by atoms with Crippen LogP contribution < -0.4 is 10.1 Å². The molecule has 0 saturated heterocycles. The van der Waals surface area contributed by atoms with Crippen molar-refractivity contribution in [2.45, 2.75) is 6.92 Å². The fourth-order valence-corrected chi connectivity index (χ4v) is 2.75. The van der Waals surface area contributed by atoms with Crippen LogP contribution in [-0.2, 0) is 0 Å². The highest BCUT2D eigenvalue weighted by atomic mass is 16.6. The van der Waals surface area contributed by atoms with E-state index in [0.29, 0.717) is 11.4 Å². The van der Waals surface area contributed by atoms with Crippen molar-refractivity contribution in [2.24, 2.45) is 0 Å². The number of carbonyl (C=O) groups excluding carboxylic acids is 1. The van der Waals surface area contributed by atoms with Crippen LogP contribution in [0.4, 0.5) is 11.4 Å². The van der Waals surface area contributed by atoms with Gasteiger partial charge in [-0.3, -0.25) is 14.9 Å². The highest BCUT2D eigenvalue weighted by Gasteiger charge is 2.17. The van der Waals surface area contributed by atoms with E-state index in [1.165, 1.54) is 28.9 Å². The third-order valence-corrected chi connectivity index (χ3v) is 4.14. The summed E-state index contributed by atoms with van der Waals surface area (Å²) >= 11 is 0. The van der Waals surface area contributed by atoms with E-state index in [4.69, 9.17) is 4.74 Å². The zero-order valence-corrected chi connectivity index (χ0v) is 15.3. The van der Waals surface area contributed by atoms with E-state index in [9.17, 15) is 14.9 Å². The van der Waals surface area contributed by atoms with E-state index in [1.807, 2.05) is 19.1 Å². The number of non-ortho nitro benzene ring substituents is 1. The molecular weight excluding hydrogens is 374 g/mol. The van der Waals surface area contributed by atoms with Crippen LogP contribution in [0.5, 0.6) is 11.5 Å². The monoisotopic (exact) mass is 389 g/mol. The minimum Gasteiger partial charge on any atom is -0.457 e. The molecule has 29 heavy (non-hydrogen) atoms. The number of rotatable bonds is 5. The molecule has 2 aromatic carbocycles. The van der Waals surface area contributed by atoms with E-state index < -0.39 is 10.8 Å². The number of hydrogen-bond acceptors (Lipinski definition) is 6. The maximum atomic E-state index is 12.7. The Bertz CT molecular complexity index is 1220. The van der Waals surface area contributed by atoms with E-state index in [0.717, 1.165) is 5.56 Å². The summed E-state index contributed by atoms with van der Waals surface area (Å²) < 4.78 is 7.19. The summed E-state index contributed by atoms with van der Waals surface area (Å²) in [7, 11) is 0. The van der Waals surface area contributed by atoms with Gasteiger partial charge in [-0.25, -0.2) is 9.50 Å². The van der Waals surface area contributed by atoms with Gasteiger partial charge in [0, 0.05) is 24.5 Å². The highest BCUT2D eigenvalue weighted by Crippen LogP contribution is 2.30.